The summed E-state index contributed by atoms with van der Waals surface area (Å²) in [4.78, 5) is 8.27. The Bertz CT molecular complexity index is 397. The highest BCUT2D eigenvalue weighted by Gasteiger charge is 2.11. The summed E-state index contributed by atoms with van der Waals surface area (Å²) in [5.41, 5.74) is 0. The van der Waals surface area contributed by atoms with Crippen molar-refractivity contribution in [3.8, 4) is 5.13 Å². The van der Waals surface area contributed by atoms with Gasteiger partial charge in [0, 0.05) is 31.0 Å². The van der Waals surface area contributed by atoms with E-state index in [1.165, 1.54) is 11.5 Å². The molecule has 0 saturated carbocycles. The lowest BCUT2D eigenvalue weighted by Gasteiger charge is -2.02. The van der Waals surface area contributed by atoms with Crippen molar-refractivity contribution in [1.29, 1.82) is 0 Å². The van der Waals surface area contributed by atoms with Gasteiger partial charge in [-0.2, -0.15) is 9.36 Å². The molecule has 0 radical (unpaired) electrons. The Hall–Kier alpha value is -1.27. The van der Waals surface area contributed by atoms with Gasteiger partial charge in [0.05, 0.1) is 0 Å². The quantitative estimate of drug-likeness (QED) is 0.769. The Morgan fingerprint density at radius 2 is 2.43 bits per heavy atom. The largest absolute Gasteiger partial charge is 0.374 e. The summed E-state index contributed by atoms with van der Waals surface area (Å²) >= 11 is 1.33. The highest BCUT2D eigenvalue weighted by molar-refractivity contribution is 7.08. The molecule has 14 heavy (non-hydrogen) atoms. The van der Waals surface area contributed by atoms with Gasteiger partial charge >= 0.3 is 0 Å². The van der Waals surface area contributed by atoms with Gasteiger partial charge < -0.3 is 4.74 Å². The zero-order valence-electron chi connectivity index (χ0n) is 7.91. The maximum absolute atomic E-state index is 5.12. The maximum Gasteiger partial charge on any atom is 0.214 e. The molecule has 0 fully saturated rings. The highest BCUT2D eigenvalue weighted by atomic mass is 32.1. The van der Waals surface area contributed by atoms with Gasteiger partial charge in [-0.05, 0) is 6.92 Å². The first-order valence-corrected chi connectivity index (χ1v) is 4.93. The van der Waals surface area contributed by atoms with E-state index in [4.69, 9.17) is 4.74 Å². The third-order valence-electron chi connectivity index (χ3n) is 1.87. The Labute approximate surface area is 85.6 Å². The van der Waals surface area contributed by atoms with Crippen LogP contribution in [-0.2, 0) is 4.74 Å². The van der Waals surface area contributed by atoms with E-state index in [1.807, 2.05) is 17.7 Å². The lowest BCUT2D eigenvalue weighted by Crippen LogP contribution is -1.98. The number of aromatic nitrogens is 4. The molecule has 1 unspecified atom stereocenters. The predicted molar refractivity (Wildman–Crippen MR) is 52.5 cm³/mol. The van der Waals surface area contributed by atoms with Crippen molar-refractivity contribution >= 4 is 11.5 Å². The topological polar surface area (TPSA) is 52.8 Å². The van der Waals surface area contributed by atoms with Crippen LogP contribution < -0.4 is 0 Å². The summed E-state index contributed by atoms with van der Waals surface area (Å²) in [6.07, 6.45) is 5.17. The van der Waals surface area contributed by atoms with Crippen molar-refractivity contribution < 1.29 is 4.74 Å². The SMILES string of the molecule is COC(C)c1nsc(-n2ccnc2)n1. The molecule has 2 aromatic rings. The third-order valence-corrected chi connectivity index (χ3v) is 2.62. The van der Waals surface area contributed by atoms with E-state index in [0.717, 1.165) is 5.13 Å². The first kappa shape index (κ1) is 9.29. The molecule has 0 bridgehead atoms. The number of rotatable bonds is 3. The van der Waals surface area contributed by atoms with Crippen LogP contribution in [0.3, 0.4) is 0 Å². The molecule has 0 aliphatic heterocycles. The molecule has 74 valence electrons. The van der Waals surface area contributed by atoms with Crippen LogP contribution in [0.4, 0.5) is 0 Å². The molecule has 0 amide bonds. The van der Waals surface area contributed by atoms with Crippen molar-refractivity contribution in [3.63, 3.8) is 0 Å². The Morgan fingerprint density at radius 3 is 3.07 bits per heavy atom. The van der Waals surface area contributed by atoms with Crippen molar-refractivity contribution in [3.05, 3.63) is 24.5 Å². The van der Waals surface area contributed by atoms with E-state index in [1.54, 1.807) is 19.6 Å². The van der Waals surface area contributed by atoms with E-state index < -0.39 is 0 Å². The third kappa shape index (κ3) is 1.66. The predicted octanol–water partition coefficient (Wildman–Crippen LogP) is 1.43. The van der Waals surface area contributed by atoms with Gasteiger partial charge in [-0.25, -0.2) is 4.98 Å². The zero-order valence-corrected chi connectivity index (χ0v) is 8.73. The summed E-state index contributed by atoms with van der Waals surface area (Å²) in [6.45, 7) is 1.92. The molecule has 0 aliphatic carbocycles. The summed E-state index contributed by atoms with van der Waals surface area (Å²) in [5.74, 6) is 0.709. The van der Waals surface area contributed by atoms with Crippen LogP contribution in [-0.4, -0.2) is 26.0 Å². The van der Waals surface area contributed by atoms with Gasteiger partial charge in [0.15, 0.2) is 5.82 Å². The van der Waals surface area contributed by atoms with Gasteiger partial charge in [0.25, 0.3) is 0 Å². The van der Waals surface area contributed by atoms with Crippen molar-refractivity contribution in [2.45, 2.75) is 13.0 Å². The second kappa shape index (κ2) is 3.85. The molecule has 0 spiro atoms. The minimum absolute atomic E-state index is 0.0662. The minimum atomic E-state index is -0.0662. The number of nitrogens with zero attached hydrogens (tertiary/aromatic N) is 4. The lowest BCUT2D eigenvalue weighted by atomic mass is 10.4. The Kier molecular flexibility index (Phi) is 2.55. The van der Waals surface area contributed by atoms with Crippen LogP contribution >= 0.6 is 11.5 Å². The summed E-state index contributed by atoms with van der Waals surface area (Å²) in [7, 11) is 1.64. The van der Waals surface area contributed by atoms with E-state index >= 15 is 0 Å². The van der Waals surface area contributed by atoms with Gasteiger partial charge in [0.2, 0.25) is 5.13 Å². The number of methoxy groups -OCH3 is 1. The van der Waals surface area contributed by atoms with E-state index in [9.17, 15) is 0 Å². The molecule has 2 aromatic heterocycles. The minimum Gasteiger partial charge on any atom is -0.374 e. The van der Waals surface area contributed by atoms with Crippen molar-refractivity contribution in [2.75, 3.05) is 7.11 Å². The molecule has 0 saturated heterocycles. The highest BCUT2D eigenvalue weighted by Crippen LogP contribution is 2.17. The second-order valence-electron chi connectivity index (χ2n) is 2.78. The number of hydrogen-bond donors (Lipinski definition) is 0. The summed E-state index contributed by atoms with van der Waals surface area (Å²) in [6, 6.07) is 0. The van der Waals surface area contributed by atoms with Crippen molar-refractivity contribution in [2.24, 2.45) is 0 Å². The van der Waals surface area contributed by atoms with Gasteiger partial charge in [0.1, 0.15) is 12.4 Å². The zero-order chi connectivity index (χ0) is 9.97. The fourth-order valence-corrected chi connectivity index (χ4v) is 1.68. The van der Waals surface area contributed by atoms with Gasteiger partial charge in [-0.1, -0.05) is 0 Å². The van der Waals surface area contributed by atoms with E-state index in [2.05, 4.69) is 14.3 Å². The molecule has 0 N–H and O–H groups in total. The summed E-state index contributed by atoms with van der Waals surface area (Å²) in [5, 5.41) is 0.807. The van der Waals surface area contributed by atoms with E-state index in [0.29, 0.717) is 5.82 Å². The van der Waals surface area contributed by atoms with Crippen LogP contribution in [0, 0.1) is 0 Å². The molecule has 2 heterocycles. The fraction of sp³-hybridized carbons (Fsp3) is 0.375. The molecule has 2 rings (SSSR count). The molecular formula is C8H10N4OS. The van der Waals surface area contributed by atoms with Crippen LogP contribution in [0.25, 0.3) is 5.13 Å². The number of hydrogen-bond acceptors (Lipinski definition) is 5. The summed E-state index contributed by atoms with van der Waals surface area (Å²) < 4.78 is 11.1. The lowest BCUT2D eigenvalue weighted by molar-refractivity contribution is 0.113. The van der Waals surface area contributed by atoms with E-state index in [-0.39, 0.29) is 6.10 Å². The van der Waals surface area contributed by atoms with Crippen LogP contribution in [0.15, 0.2) is 18.7 Å². The molecule has 5 nitrogen and oxygen atoms in total. The second-order valence-corrected chi connectivity index (χ2v) is 3.51. The van der Waals surface area contributed by atoms with Crippen molar-refractivity contribution in [1.82, 2.24) is 18.9 Å². The van der Waals surface area contributed by atoms with Gasteiger partial charge in [-0.3, -0.25) is 4.57 Å². The molecule has 0 aliphatic rings. The first-order valence-electron chi connectivity index (χ1n) is 4.16. The normalized spacial score (nSPS) is 13.0. The molecular weight excluding hydrogens is 200 g/mol. The standard InChI is InChI=1S/C8H10N4OS/c1-6(13-2)7-10-8(14-11-7)12-4-3-9-5-12/h3-6H,1-2H3. The fourth-order valence-electron chi connectivity index (χ4n) is 0.974. The molecule has 6 heteroatoms. The number of imidazole rings is 1. The number of ether oxygens (including phenoxy) is 1. The first-order chi connectivity index (χ1) is 6.81. The van der Waals surface area contributed by atoms with Crippen LogP contribution in [0.1, 0.15) is 18.9 Å². The maximum atomic E-state index is 5.12. The van der Waals surface area contributed by atoms with Crippen LogP contribution in [0.5, 0.6) is 0 Å². The average molecular weight is 210 g/mol. The Balaban J connectivity index is 2.26. The van der Waals surface area contributed by atoms with Crippen LogP contribution in [0.2, 0.25) is 0 Å². The monoisotopic (exact) mass is 210 g/mol. The van der Waals surface area contributed by atoms with Gasteiger partial charge in [-0.15, -0.1) is 0 Å². The smallest absolute Gasteiger partial charge is 0.214 e. The average Bonchev–Trinajstić information content (AvgIpc) is 2.86. The molecule has 0 aromatic carbocycles. The molecule has 1 atom stereocenters. The Morgan fingerprint density at radius 1 is 1.57 bits per heavy atom.